The van der Waals surface area contributed by atoms with Crippen LogP contribution in [0.15, 0.2) is 18.2 Å². The van der Waals surface area contributed by atoms with Crippen molar-refractivity contribution in [2.45, 2.75) is 19.9 Å². The van der Waals surface area contributed by atoms with Gasteiger partial charge in [0.05, 0.1) is 7.11 Å². The Morgan fingerprint density at radius 2 is 2.25 bits per heavy atom. The number of hydrogen-bond acceptors (Lipinski definition) is 2. The largest absolute Gasteiger partial charge is 0.496 e. The van der Waals surface area contributed by atoms with Crippen molar-refractivity contribution in [3.8, 4) is 5.75 Å². The van der Waals surface area contributed by atoms with Gasteiger partial charge in [0.2, 0.25) is 5.91 Å². The third-order valence-electron chi connectivity index (χ3n) is 2.27. The predicted molar refractivity (Wildman–Crippen MR) is 64.9 cm³/mol. The highest BCUT2D eigenvalue weighted by Crippen LogP contribution is 2.18. The van der Waals surface area contributed by atoms with E-state index in [2.05, 4.69) is 5.32 Å². The van der Waals surface area contributed by atoms with E-state index < -0.39 is 0 Å². The van der Waals surface area contributed by atoms with Crippen molar-refractivity contribution in [3.05, 3.63) is 29.3 Å². The van der Waals surface area contributed by atoms with Crippen LogP contribution in [0.5, 0.6) is 5.75 Å². The highest BCUT2D eigenvalue weighted by Gasteiger charge is 2.02. The van der Waals surface area contributed by atoms with Crippen LogP contribution in [0.4, 0.5) is 0 Å². The molecule has 0 radical (unpaired) electrons. The second-order valence-corrected chi connectivity index (χ2v) is 3.90. The summed E-state index contributed by atoms with van der Waals surface area (Å²) in [5, 5.41) is 2.80. The lowest BCUT2D eigenvalue weighted by molar-refractivity contribution is -0.120. The van der Waals surface area contributed by atoms with Crippen LogP contribution in [0.1, 0.15) is 17.5 Å². The molecule has 0 aliphatic carbocycles. The molecule has 0 heterocycles. The van der Waals surface area contributed by atoms with Crippen LogP contribution >= 0.6 is 11.6 Å². The average Bonchev–Trinajstić information content (AvgIpc) is 2.27. The molecular weight excluding hydrogens is 226 g/mol. The first-order valence-corrected chi connectivity index (χ1v) is 5.67. The van der Waals surface area contributed by atoms with Gasteiger partial charge in [0, 0.05) is 18.8 Å². The number of methoxy groups -OCH3 is 1. The lowest BCUT2D eigenvalue weighted by atomic mass is 10.1. The number of halogens is 1. The zero-order valence-corrected chi connectivity index (χ0v) is 10.3. The molecule has 0 saturated heterocycles. The second-order valence-electron chi connectivity index (χ2n) is 3.52. The maximum atomic E-state index is 11.2. The highest BCUT2D eigenvalue weighted by molar-refractivity contribution is 6.18. The molecule has 1 amide bonds. The zero-order chi connectivity index (χ0) is 12.0. The first kappa shape index (κ1) is 12.8. The minimum atomic E-state index is -0.0246. The molecule has 0 bridgehead atoms. The Morgan fingerprint density at radius 1 is 1.50 bits per heavy atom. The van der Waals surface area contributed by atoms with Gasteiger partial charge in [-0.05, 0) is 24.1 Å². The van der Waals surface area contributed by atoms with Gasteiger partial charge in [-0.15, -0.1) is 11.6 Å². The second kappa shape index (κ2) is 6.38. The summed E-state index contributed by atoms with van der Waals surface area (Å²) in [6.45, 7) is 2.50. The number of ether oxygens (including phenoxy) is 1. The monoisotopic (exact) mass is 241 g/mol. The van der Waals surface area contributed by atoms with E-state index in [0.717, 1.165) is 16.9 Å². The summed E-state index contributed by atoms with van der Waals surface area (Å²) in [6.07, 6.45) is 0.358. The number of carbonyl (C=O) groups is 1. The van der Waals surface area contributed by atoms with Gasteiger partial charge in [0.25, 0.3) is 0 Å². The van der Waals surface area contributed by atoms with E-state index in [1.807, 2.05) is 25.1 Å². The van der Waals surface area contributed by atoms with Crippen molar-refractivity contribution in [1.82, 2.24) is 5.32 Å². The van der Waals surface area contributed by atoms with Crippen LogP contribution in [0.25, 0.3) is 0 Å². The molecule has 4 heteroatoms. The van der Waals surface area contributed by atoms with Gasteiger partial charge in [-0.25, -0.2) is 0 Å². The van der Waals surface area contributed by atoms with Crippen molar-refractivity contribution in [3.63, 3.8) is 0 Å². The number of carbonyl (C=O) groups excluding carboxylic acids is 1. The topological polar surface area (TPSA) is 38.3 Å². The number of benzene rings is 1. The lowest BCUT2D eigenvalue weighted by Gasteiger charge is -2.08. The maximum Gasteiger partial charge on any atom is 0.221 e. The number of aryl methyl sites for hydroxylation is 1. The molecule has 0 aliphatic rings. The standard InChI is InChI=1S/C12H16ClNO2/c1-9-7-10(3-4-11(9)16-2)8-14-12(15)5-6-13/h3-4,7H,5-6,8H2,1-2H3,(H,14,15). The van der Waals surface area contributed by atoms with Crippen LogP contribution in [0.2, 0.25) is 0 Å². The number of nitrogens with one attached hydrogen (secondary N) is 1. The first-order chi connectivity index (χ1) is 7.67. The third-order valence-corrected chi connectivity index (χ3v) is 2.46. The SMILES string of the molecule is COc1ccc(CNC(=O)CCCl)cc1C. The van der Waals surface area contributed by atoms with Crippen LogP contribution in [0.3, 0.4) is 0 Å². The summed E-state index contributed by atoms with van der Waals surface area (Å²) in [4.78, 5) is 11.2. The summed E-state index contributed by atoms with van der Waals surface area (Å²) in [5.74, 6) is 1.19. The van der Waals surface area contributed by atoms with Crippen LogP contribution in [-0.4, -0.2) is 18.9 Å². The fourth-order valence-corrected chi connectivity index (χ4v) is 1.60. The van der Waals surface area contributed by atoms with Crippen molar-refractivity contribution in [2.75, 3.05) is 13.0 Å². The van der Waals surface area contributed by atoms with E-state index in [1.165, 1.54) is 0 Å². The van der Waals surface area contributed by atoms with Crippen molar-refractivity contribution >= 4 is 17.5 Å². The molecule has 1 N–H and O–H groups in total. The smallest absolute Gasteiger partial charge is 0.221 e. The minimum absolute atomic E-state index is 0.0246. The number of amides is 1. The van der Waals surface area contributed by atoms with E-state index >= 15 is 0 Å². The maximum absolute atomic E-state index is 11.2. The highest BCUT2D eigenvalue weighted by atomic mass is 35.5. The number of hydrogen-bond donors (Lipinski definition) is 1. The van der Waals surface area contributed by atoms with E-state index in [0.29, 0.717) is 18.8 Å². The van der Waals surface area contributed by atoms with Gasteiger partial charge in [-0.3, -0.25) is 4.79 Å². The summed E-state index contributed by atoms with van der Waals surface area (Å²) < 4.78 is 5.16. The molecule has 88 valence electrons. The molecule has 0 saturated carbocycles. The molecule has 1 aromatic rings. The summed E-state index contributed by atoms with van der Waals surface area (Å²) in [5.41, 5.74) is 2.12. The first-order valence-electron chi connectivity index (χ1n) is 5.13. The van der Waals surface area contributed by atoms with Gasteiger partial charge in [-0.1, -0.05) is 12.1 Å². The van der Waals surface area contributed by atoms with Gasteiger partial charge < -0.3 is 10.1 Å². The van der Waals surface area contributed by atoms with Crippen molar-refractivity contribution in [2.24, 2.45) is 0 Å². The van der Waals surface area contributed by atoms with E-state index in [1.54, 1.807) is 7.11 Å². The fourth-order valence-electron chi connectivity index (χ4n) is 1.43. The predicted octanol–water partition coefficient (Wildman–Crippen LogP) is 2.25. The zero-order valence-electron chi connectivity index (χ0n) is 9.55. The van der Waals surface area contributed by atoms with Crippen LogP contribution in [-0.2, 0) is 11.3 Å². The van der Waals surface area contributed by atoms with Crippen LogP contribution < -0.4 is 10.1 Å². The normalized spacial score (nSPS) is 9.94. The molecule has 0 aliphatic heterocycles. The number of alkyl halides is 1. The quantitative estimate of drug-likeness (QED) is 0.803. The Labute approximate surface area is 101 Å². The number of rotatable bonds is 5. The molecular formula is C12H16ClNO2. The van der Waals surface area contributed by atoms with Crippen LogP contribution in [0, 0.1) is 6.92 Å². The Balaban J connectivity index is 2.55. The van der Waals surface area contributed by atoms with Crippen molar-refractivity contribution < 1.29 is 9.53 Å². The van der Waals surface area contributed by atoms with E-state index in [4.69, 9.17) is 16.3 Å². The summed E-state index contributed by atoms with van der Waals surface area (Å²) in [6, 6.07) is 5.84. The fraction of sp³-hybridized carbons (Fsp3) is 0.417. The van der Waals surface area contributed by atoms with Gasteiger partial charge in [-0.2, -0.15) is 0 Å². The Morgan fingerprint density at radius 3 is 2.81 bits per heavy atom. The third kappa shape index (κ3) is 3.74. The molecule has 1 aromatic carbocycles. The van der Waals surface area contributed by atoms with Crippen molar-refractivity contribution in [1.29, 1.82) is 0 Å². The Bertz CT molecular complexity index is 366. The van der Waals surface area contributed by atoms with Gasteiger partial charge in [0.1, 0.15) is 5.75 Å². The summed E-state index contributed by atoms with van der Waals surface area (Å²) >= 11 is 5.47. The molecule has 0 fully saturated rings. The van der Waals surface area contributed by atoms with Gasteiger partial charge >= 0.3 is 0 Å². The Kier molecular flexibility index (Phi) is 5.12. The minimum Gasteiger partial charge on any atom is -0.496 e. The molecule has 0 aromatic heterocycles. The van der Waals surface area contributed by atoms with Gasteiger partial charge in [0.15, 0.2) is 0 Å². The molecule has 1 rings (SSSR count). The molecule has 16 heavy (non-hydrogen) atoms. The summed E-state index contributed by atoms with van der Waals surface area (Å²) in [7, 11) is 1.64. The molecule has 3 nitrogen and oxygen atoms in total. The van der Waals surface area contributed by atoms with E-state index in [-0.39, 0.29) is 5.91 Å². The van der Waals surface area contributed by atoms with E-state index in [9.17, 15) is 4.79 Å². The lowest BCUT2D eigenvalue weighted by Crippen LogP contribution is -2.22. The molecule has 0 unspecified atom stereocenters. The molecule has 0 spiro atoms. The Hall–Kier alpha value is -1.22. The average molecular weight is 242 g/mol. The molecule has 0 atom stereocenters.